The van der Waals surface area contributed by atoms with Crippen molar-refractivity contribution in [1.82, 2.24) is 0 Å². The predicted octanol–water partition coefficient (Wildman–Crippen LogP) is 4.21. The number of hydrogen-bond acceptors (Lipinski definition) is 4. The zero-order valence-electron chi connectivity index (χ0n) is 13.8. The second kappa shape index (κ2) is 6.05. The average molecular weight is 342 g/mol. The van der Waals surface area contributed by atoms with Gasteiger partial charge in [-0.2, -0.15) is 0 Å². The highest BCUT2D eigenvalue weighted by atomic mass is 16.7. The summed E-state index contributed by atoms with van der Waals surface area (Å²) in [4.78, 5) is 0. The normalized spacial score (nSPS) is 13.2. The van der Waals surface area contributed by atoms with Crippen molar-refractivity contribution in [3.8, 4) is 46.0 Å². The molecule has 0 saturated heterocycles. The lowest BCUT2D eigenvalue weighted by molar-refractivity contribution is 0.173. The number of fused-ring (bicyclic) bond motifs is 2. The highest BCUT2D eigenvalue weighted by molar-refractivity contribution is 5.77. The fraction of sp³-hybridized carbons (Fsp3) is 0.0909. The van der Waals surface area contributed by atoms with Gasteiger partial charge in [0.05, 0.1) is 0 Å². The molecule has 2 aliphatic rings. The summed E-state index contributed by atoms with van der Waals surface area (Å²) in [6, 6.07) is 19.7. The van der Waals surface area contributed by atoms with Gasteiger partial charge in [-0.15, -0.1) is 0 Å². The summed E-state index contributed by atoms with van der Waals surface area (Å²) in [5.41, 5.74) is 3.79. The van der Waals surface area contributed by atoms with E-state index in [2.05, 4.69) is 11.8 Å². The van der Waals surface area contributed by atoms with Gasteiger partial charge < -0.3 is 18.9 Å². The molecule has 2 heterocycles. The quantitative estimate of drug-likeness (QED) is 0.621. The van der Waals surface area contributed by atoms with Gasteiger partial charge >= 0.3 is 0 Å². The number of rotatable bonds is 1. The summed E-state index contributed by atoms with van der Waals surface area (Å²) in [5, 5.41) is 0. The van der Waals surface area contributed by atoms with Crippen LogP contribution in [-0.2, 0) is 0 Å². The molecule has 3 aromatic carbocycles. The fourth-order valence-corrected chi connectivity index (χ4v) is 3.01. The molecule has 0 amide bonds. The van der Waals surface area contributed by atoms with Crippen LogP contribution in [-0.4, -0.2) is 13.6 Å². The standard InChI is InChI=1S/C22H14O4/c1-2-4-15(5-3-1)6-7-16-11-21-22(26-14-25-21)12-18(16)17-8-9-19-20(10-17)24-13-23-19/h1-5,8-12H,13-14H2. The van der Waals surface area contributed by atoms with Gasteiger partial charge in [-0.3, -0.25) is 0 Å². The van der Waals surface area contributed by atoms with Crippen LogP contribution in [0.3, 0.4) is 0 Å². The van der Waals surface area contributed by atoms with Crippen LogP contribution >= 0.6 is 0 Å². The third-order valence-corrected chi connectivity index (χ3v) is 4.31. The monoisotopic (exact) mass is 342 g/mol. The van der Waals surface area contributed by atoms with Crippen molar-refractivity contribution < 1.29 is 18.9 Å². The Morgan fingerprint density at radius 2 is 1.31 bits per heavy atom. The minimum atomic E-state index is 0.228. The van der Waals surface area contributed by atoms with Crippen molar-refractivity contribution in [2.24, 2.45) is 0 Å². The number of ether oxygens (including phenoxy) is 4. The molecule has 126 valence electrons. The largest absolute Gasteiger partial charge is 0.454 e. The van der Waals surface area contributed by atoms with Crippen molar-refractivity contribution in [1.29, 1.82) is 0 Å². The maximum Gasteiger partial charge on any atom is 0.231 e. The first-order chi connectivity index (χ1) is 12.9. The Morgan fingerprint density at radius 1 is 0.615 bits per heavy atom. The van der Waals surface area contributed by atoms with Gasteiger partial charge in [-0.1, -0.05) is 36.1 Å². The Labute approximate surface area is 150 Å². The van der Waals surface area contributed by atoms with E-state index in [1.807, 2.05) is 60.7 Å². The van der Waals surface area contributed by atoms with Gasteiger partial charge in [0.2, 0.25) is 13.6 Å². The Morgan fingerprint density at radius 3 is 2.12 bits per heavy atom. The van der Waals surface area contributed by atoms with E-state index >= 15 is 0 Å². The van der Waals surface area contributed by atoms with E-state index < -0.39 is 0 Å². The summed E-state index contributed by atoms with van der Waals surface area (Å²) in [6.45, 7) is 0.478. The molecule has 2 aliphatic heterocycles. The van der Waals surface area contributed by atoms with Gasteiger partial charge in [0, 0.05) is 22.8 Å². The van der Waals surface area contributed by atoms with E-state index in [9.17, 15) is 0 Å². The summed E-state index contributed by atoms with van der Waals surface area (Å²) in [7, 11) is 0. The molecule has 5 rings (SSSR count). The van der Waals surface area contributed by atoms with Crippen LogP contribution < -0.4 is 18.9 Å². The van der Waals surface area contributed by atoms with E-state index in [4.69, 9.17) is 18.9 Å². The topological polar surface area (TPSA) is 36.9 Å². The minimum absolute atomic E-state index is 0.228. The molecule has 0 saturated carbocycles. The average Bonchev–Trinajstić information content (AvgIpc) is 3.34. The van der Waals surface area contributed by atoms with Crippen molar-refractivity contribution >= 4 is 0 Å². The van der Waals surface area contributed by atoms with Crippen LogP contribution in [0.5, 0.6) is 23.0 Å². The van der Waals surface area contributed by atoms with Gasteiger partial charge in [-0.05, 0) is 35.9 Å². The Bertz CT molecular complexity index is 1040. The summed E-state index contributed by atoms with van der Waals surface area (Å²) < 4.78 is 22.0. The zero-order chi connectivity index (χ0) is 17.3. The summed E-state index contributed by atoms with van der Waals surface area (Å²) in [5.74, 6) is 9.41. The van der Waals surface area contributed by atoms with E-state index in [-0.39, 0.29) is 13.6 Å². The lowest BCUT2D eigenvalue weighted by Gasteiger charge is -2.08. The predicted molar refractivity (Wildman–Crippen MR) is 96.5 cm³/mol. The van der Waals surface area contributed by atoms with E-state index in [0.717, 1.165) is 39.5 Å². The first kappa shape index (κ1) is 14.7. The van der Waals surface area contributed by atoms with Crippen molar-refractivity contribution in [3.63, 3.8) is 0 Å². The Balaban J connectivity index is 1.63. The molecule has 0 fully saturated rings. The third kappa shape index (κ3) is 2.60. The lowest BCUT2D eigenvalue weighted by Crippen LogP contribution is -1.93. The molecule has 0 radical (unpaired) electrons. The molecular weight excluding hydrogens is 328 g/mol. The summed E-state index contributed by atoms with van der Waals surface area (Å²) in [6.07, 6.45) is 0. The van der Waals surface area contributed by atoms with Crippen molar-refractivity contribution in [3.05, 3.63) is 71.8 Å². The van der Waals surface area contributed by atoms with Crippen LogP contribution in [0, 0.1) is 11.8 Å². The molecular formula is C22H14O4. The van der Waals surface area contributed by atoms with Crippen LogP contribution in [0.4, 0.5) is 0 Å². The molecule has 26 heavy (non-hydrogen) atoms. The summed E-state index contributed by atoms with van der Waals surface area (Å²) >= 11 is 0. The molecule has 0 spiro atoms. The van der Waals surface area contributed by atoms with Crippen molar-refractivity contribution in [2.75, 3.05) is 13.6 Å². The molecule has 4 nitrogen and oxygen atoms in total. The van der Waals surface area contributed by atoms with Crippen LogP contribution in [0.25, 0.3) is 11.1 Å². The molecule has 3 aromatic rings. The maximum atomic E-state index is 5.54. The maximum absolute atomic E-state index is 5.54. The minimum Gasteiger partial charge on any atom is -0.454 e. The molecule has 0 N–H and O–H groups in total. The molecule has 0 aromatic heterocycles. The molecule has 0 unspecified atom stereocenters. The van der Waals surface area contributed by atoms with Gasteiger partial charge in [0.25, 0.3) is 0 Å². The SMILES string of the molecule is C(#Cc1cc2c(cc1-c1ccc3c(c1)OCO3)OCO2)c1ccccc1. The highest BCUT2D eigenvalue weighted by Gasteiger charge is 2.20. The van der Waals surface area contributed by atoms with Crippen LogP contribution in [0.1, 0.15) is 11.1 Å². The fourth-order valence-electron chi connectivity index (χ4n) is 3.01. The third-order valence-electron chi connectivity index (χ3n) is 4.31. The van der Waals surface area contributed by atoms with Crippen LogP contribution in [0.15, 0.2) is 60.7 Å². The van der Waals surface area contributed by atoms with Gasteiger partial charge in [-0.25, -0.2) is 0 Å². The highest BCUT2D eigenvalue weighted by Crippen LogP contribution is 2.41. The molecule has 0 atom stereocenters. The van der Waals surface area contributed by atoms with E-state index in [1.165, 1.54) is 0 Å². The molecule has 0 aliphatic carbocycles. The van der Waals surface area contributed by atoms with Crippen molar-refractivity contribution in [2.45, 2.75) is 0 Å². The van der Waals surface area contributed by atoms with Crippen LogP contribution in [0.2, 0.25) is 0 Å². The van der Waals surface area contributed by atoms with Gasteiger partial charge in [0.15, 0.2) is 23.0 Å². The lowest BCUT2D eigenvalue weighted by atomic mass is 9.98. The smallest absolute Gasteiger partial charge is 0.231 e. The Hall–Kier alpha value is -3.58. The molecule has 0 bridgehead atoms. The number of benzene rings is 3. The first-order valence-corrected chi connectivity index (χ1v) is 8.27. The van der Waals surface area contributed by atoms with E-state index in [0.29, 0.717) is 5.75 Å². The van der Waals surface area contributed by atoms with Gasteiger partial charge in [0.1, 0.15) is 0 Å². The first-order valence-electron chi connectivity index (χ1n) is 8.27. The second-order valence-electron chi connectivity index (χ2n) is 5.94. The zero-order valence-corrected chi connectivity index (χ0v) is 13.8. The number of hydrogen-bond donors (Lipinski definition) is 0. The second-order valence-corrected chi connectivity index (χ2v) is 5.94. The van der Waals surface area contributed by atoms with E-state index in [1.54, 1.807) is 0 Å². The Kier molecular flexibility index (Phi) is 3.43. The molecule has 4 heteroatoms.